The average Bonchev–Trinajstić information content (AvgIpc) is 2.58. The molecule has 0 bridgehead atoms. The molecule has 2 aliphatic rings. The third kappa shape index (κ3) is 3.71. The first kappa shape index (κ1) is 18.3. The lowest BCUT2D eigenvalue weighted by atomic mass is 9.73. The molecule has 1 aromatic rings. The van der Waals surface area contributed by atoms with Crippen molar-refractivity contribution in [3.05, 3.63) is 29.8 Å². The van der Waals surface area contributed by atoms with Crippen LogP contribution in [0.25, 0.3) is 0 Å². The summed E-state index contributed by atoms with van der Waals surface area (Å²) in [5.41, 5.74) is 0.599. The van der Waals surface area contributed by atoms with Crippen molar-refractivity contribution < 1.29 is 14.4 Å². The van der Waals surface area contributed by atoms with Crippen LogP contribution in [0.5, 0.6) is 5.75 Å². The number of rotatable bonds is 3. The standard InChI is InChI=1S/C22H31NO2/c1-6-23(7-2)16-10-14-22(5)15-13-18-20(25-22)17-11-8-9-12-19(17)24-21(18,3)4/h8-9,11-12,18,20H,6-7,13,15-16H2,1-5H3/p+1/t18-,20-,22+/m0/s1. The van der Waals surface area contributed by atoms with E-state index in [0.717, 1.165) is 38.2 Å². The molecule has 0 spiro atoms. The number of para-hydroxylation sites is 1. The van der Waals surface area contributed by atoms with Crippen molar-refractivity contribution in [1.82, 2.24) is 0 Å². The second kappa shape index (κ2) is 7.02. The van der Waals surface area contributed by atoms with Crippen LogP contribution >= 0.6 is 0 Å². The smallest absolute Gasteiger partial charge is 0.139 e. The maximum atomic E-state index is 6.63. The van der Waals surface area contributed by atoms with E-state index in [1.165, 1.54) is 10.5 Å². The van der Waals surface area contributed by atoms with Gasteiger partial charge in [0.15, 0.2) is 0 Å². The Balaban J connectivity index is 1.83. The average molecular weight is 343 g/mol. The van der Waals surface area contributed by atoms with Gasteiger partial charge >= 0.3 is 0 Å². The molecule has 3 nitrogen and oxygen atoms in total. The lowest BCUT2D eigenvalue weighted by molar-refractivity contribution is -0.889. The summed E-state index contributed by atoms with van der Waals surface area (Å²) in [5.74, 6) is 8.17. The molecule has 0 aromatic heterocycles. The lowest BCUT2D eigenvalue weighted by Crippen LogP contribution is -3.11. The quantitative estimate of drug-likeness (QED) is 0.854. The van der Waals surface area contributed by atoms with E-state index in [1.807, 2.05) is 6.07 Å². The van der Waals surface area contributed by atoms with Crippen LogP contribution in [-0.4, -0.2) is 30.8 Å². The molecule has 0 amide bonds. The van der Waals surface area contributed by atoms with Crippen molar-refractivity contribution in [2.45, 2.75) is 64.8 Å². The summed E-state index contributed by atoms with van der Waals surface area (Å²) in [6.45, 7) is 14.1. The number of fused-ring (bicyclic) bond motifs is 3. The largest absolute Gasteiger partial charge is 0.487 e. The van der Waals surface area contributed by atoms with E-state index in [4.69, 9.17) is 9.47 Å². The maximum absolute atomic E-state index is 6.63. The van der Waals surface area contributed by atoms with Crippen molar-refractivity contribution in [3.63, 3.8) is 0 Å². The highest BCUT2D eigenvalue weighted by Crippen LogP contribution is 2.52. The number of hydrogen-bond donors (Lipinski definition) is 1. The minimum absolute atomic E-state index is 0.0637. The summed E-state index contributed by atoms with van der Waals surface area (Å²) >= 11 is 0. The minimum atomic E-state index is -0.367. The summed E-state index contributed by atoms with van der Waals surface area (Å²) in [6.07, 6.45) is 2.10. The molecule has 1 fully saturated rings. The van der Waals surface area contributed by atoms with Gasteiger partial charge in [-0.3, -0.25) is 0 Å². The van der Waals surface area contributed by atoms with Crippen LogP contribution in [0.4, 0.5) is 0 Å². The number of quaternary nitrogens is 1. The Labute approximate surface area is 152 Å². The summed E-state index contributed by atoms with van der Waals surface area (Å²) in [5, 5.41) is 0. The monoisotopic (exact) mass is 342 g/mol. The van der Waals surface area contributed by atoms with Crippen LogP contribution in [-0.2, 0) is 4.74 Å². The predicted octanol–water partition coefficient (Wildman–Crippen LogP) is 3.01. The lowest BCUT2D eigenvalue weighted by Gasteiger charge is -2.50. The molecule has 25 heavy (non-hydrogen) atoms. The zero-order valence-corrected chi connectivity index (χ0v) is 16.3. The third-order valence-electron chi connectivity index (χ3n) is 5.87. The Bertz CT molecular complexity index is 668. The highest BCUT2D eigenvalue weighted by molar-refractivity contribution is 5.39. The SMILES string of the molecule is CC[NH+](CC)CC#C[C@]1(C)CC[C@H]2[C@@H](O1)c1ccccc1OC2(C)C. The normalized spacial score (nSPS) is 29.8. The van der Waals surface area contributed by atoms with Crippen LogP contribution in [0.3, 0.4) is 0 Å². The molecule has 3 atom stereocenters. The van der Waals surface area contributed by atoms with Crippen LogP contribution in [0.15, 0.2) is 24.3 Å². The van der Waals surface area contributed by atoms with E-state index in [2.05, 4.69) is 64.7 Å². The molecule has 0 aliphatic carbocycles. The first-order valence-corrected chi connectivity index (χ1v) is 9.68. The Hall–Kier alpha value is -1.50. The zero-order valence-electron chi connectivity index (χ0n) is 16.3. The van der Waals surface area contributed by atoms with E-state index >= 15 is 0 Å². The van der Waals surface area contributed by atoms with Crippen molar-refractivity contribution in [2.24, 2.45) is 5.92 Å². The second-order valence-corrected chi connectivity index (χ2v) is 8.09. The Kier molecular flexibility index (Phi) is 5.14. The first-order valence-electron chi connectivity index (χ1n) is 9.68. The van der Waals surface area contributed by atoms with Crippen molar-refractivity contribution in [2.75, 3.05) is 19.6 Å². The minimum Gasteiger partial charge on any atom is -0.487 e. The van der Waals surface area contributed by atoms with E-state index in [1.54, 1.807) is 0 Å². The van der Waals surface area contributed by atoms with Gasteiger partial charge in [-0.1, -0.05) is 24.1 Å². The van der Waals surface area contributed by atoms with Crippen molar-refractivity contribution in [1.29, 1.82) is 0 Å². The molecule has 3 heteroatoms. The van der Waals surface area contributed by atoms with E-state index < -0.39 is 0 Å². The molecule has 0 unspecified atom stereocenters. The molecular weight excluding hydrogens is 310 g/mol. The second-order valence-electron chi connectivity index (χ2n) is 8.09. The van der Waals surface area contributed by atoms with Crippen LogP contribution in [0.2, 0.25) is 0 Å². The Morgan fingerprint density at radius 1 is 1.16 bits per heavy atom. The highest BCUT2D eigenvalue weighted by atomic mass is 16.5. The van der Waals surface area contributed by atoms with Gasteiger partial charge in [0, 0.05) is 11.5 Å². The number of hydrogen-bond acceptors (Lipinski definition) is 2. The fourth-order valence-electron chi connectivity index (χ4n) is 4.11. The molecule has 3 rings (SSSR count). The van der Waals surface area contributed by atoms with Gasteiger partial charge in [-0.25, -0.2) is 0 Å². The van der Waals surface area contributed by atoms with Gasteiger partial charge in [-0.05, 0) is 59.4 Å². The highest BCUT2D eigenvalue weighted by Gasteiger charge is 2.49. The van der Waals surface area contributed by atoms with Crippen LogP contribution in [0.1, 0.15) is 59.1 Å². The molecule has 0 saturated carbocycles. The number of nitrogens with one attached hydrogen (secondary N) is 1. The van der Waals surface area contributed by atoms with Gasteiger partial charge in [0.05, 0.1) is 19.2 Å². The Morgan fingerprint density at radius 2 is 1.88 bits per heavy atom. The molecule has 1 aromatic carbocycles. The fourth-order valence-corrected chi connectivity index (χ4v) is 4.11. The molecule has 0 radical (unpaired) electrons. The summed E-state index contributed by atoms with van der Waals surface area (Å²) in [4.78, 5) is 1.52. The van der Waals surface area contributed by atoms with E-state index in [9.17, 15) is 0 Å². The van der Waals surface area contributed by atoms with Gasteiger partial charge in [-0.15, -0.1) is 0 Å². The van der Waals surface area contributed by atoms with Gasteiger partial charge in [0.1, 0.15) is 23.5 Å². The van der Waals surface area contributed by atoms with E-state index in [-0.39, 0.29) is 17.3 Å². The van der Waals surface area contributed by atoms with Crippen molar-refractivity contribution in [3.8, 4) is 17.6 Å². The van der Waals surface area contributed by atoms with Gasteiger partial charge in [0.2, 0.25) is 0 Å². The number of benzene rings is 1. The van der Waals surface area contributed by atoms with Crippen LogP contribution in [0, 0.1) is 17.8 Å². The van der Waals surface area contributed by atoms with Gasteiger partial charge < -0.3 is 14.4 Å². The third-order valence-corrected chi connectivity index (χ3v) is 5.87. The van der Waals surface area contributed by atoms with Crippen LogP contribution < -0.4 is 9.64 Å². The topological polar surface area (TPSA) is 22.9 Å². The molecule has 1 N–H and O–H groups in total. The summed E-state index contributed by atoms with van der Waals surface area (Å²) in [7, 11) is 0. The number of ether oxygens (including phenoxy) is 2. The Morgan fingerprint density at radius 3 is 2.60 bits per heavy atom. The summed E-state index contributed by atoms with van der Waals surface area (Å²) in [6, 6.07) is 8.30. The van der Waals surface area contributed by atoms with Gasteiger partial charge in [-0.2, -0.15) is 0 Å². The maximum Gasteiger partial charge on any atom is 0.139 e. The van der Waals surface area contributed by atoms with Gasteiger partial charge in [0.25, 0.3) is 0 Å². The molecule has 2 heterocycles. The first-order chi connectivity index (χ1) is 11.9. The molecule has 1 saturated heterocycles. The predicted molar refractivity (Wildman–Crippen MR) is 101 cm³/mol. The molecule has 136 valence electrons. The summed E-state index contributed by atoms with van der Waals surface area (Å²) < 4.78 is 12.9. The zero-order chi connectivity index (χ0) is 18.1. The molecule has 2 aliphatic heterocycles. The van der Waals surface area contributed by atoms with Crippen molar-refractivity contribution >= 4 is 0 Å². The van der Waals surface area contributed by atoms with E-state index in [0.29, 0.717) is 5.92 Å². The fraction of sp³-hybridized carbons (Fsp3) is 0.636. The molecular formula is C22H32NO2+.